The van der Waals surface area contributed by atoms with Crippen LogP contribution in [0.25, 0.3) is 11.0 Å². The summed E-state index contributed by atoms with van der Waals surface area (Å²) in [4.78, 5) is 17.9. The van der Waals surface area contributed by atoms with Crippen LogP contribution in [0.1, 0.15) is 26.3 Å². The van der Waals surface area contributed by atoms with Gasteiger partial charge in [0, 0.05) is 29.6 Å². The molecule has 0 amide bonds. The molecule has 0 spiro atoms. The molecule has 1 aromatic carbocycles. The van der Waals surface area contributed by atoms with E-state index >= 15 is 0 Å². The number of fused-ring (bicyclic) bond motifs is 1. The first-order valence-electron chi connectivity index (χ1n) is 7.36. The Kier molecular flexibility index (Phi) is 5.79. The summed E-state index contributed by atoms with van der Waals surface area (Å²) in [7, 11) is 0. The standard InChI is InChI=1S/C14H17Br2N5O2.ClH/c1-7(2)20-10-5-9(15)11(16)13(21(22)23)12(10)18-14(20)19-4-3-8(17)6-19;/h5,7-8H,3-4,6,17H2,1-2H3;1H/t8-;/m1./s1. The molecule has 2 N–H and O–H groups in total. The van der Waals surface area contributed by atoms with Crippen LogP contribution in [0.3, 0.4) is 0 Å². The predicted molar refractivity (Wildman–Crippen MR) is 104 cm³/mol. The van der Waals surface area contributed by atoms with Gasteiger partial charge < -0.3 is 15.2 Å². The zero-order valence-electron chi connectivity index (χ0n) is 13.2. The third-order valence-corrected chi connectivity index (χ3v) is 6.00. The summed E-state index contributed by atoms with van der Waals surface area (Å²) in [5, 5.41) is 11.5. The molecule has 1 saturated heterocycles. The zero-order valence-corrected chi connectivity index (χ0v) is 17.2. The van der Waals surface area contributed by atoms with E-state index in [1.165, 1.54) is 0 Å². The number of nitrogens with two attached hydrogens (primary N) is 1. The van der Waals surface area contributed by atoms with Crippen molar-refractivity contribution in [2.75, 3.05) is 18.0 Å². The number of benzene rings is 1. The van der Waals surface area contributed by atoms with Crippen molar-refractivity contribution in [3.63, 3.8) is 0 Å². The lowest BCUT2D eigenvalue weighted by molar-refractivity contribution is -0.384. The normalized spacial score (nSPS) is 17.6. The van der Waals surface area contributed by atoms with E-state index in [0.29, 0.717) is 21.0 Å². The fourth-order valence-corrected chi connectivity index (χ4v) is 3.86. The zero-order chi connectivity index (χ0) is 16.9. The van der Waals surface area contributed by atoms with Crippen LogP contribution < -0.4 is 10.6 Å². The molecule has 0 radical (unpaired) electrons. The Morgan fingerprint density at radius 1 is 1.46 bits per heavy atom. The van der Waals surface area contributed by atoms with Crippen molar-refractivity contribution in [1.82, 2.24) is 9.55 Å². The highest BCUT2D eigenvalue weighted by Gasteiger charge is 2.30. The van der Waals surface area contributed by atoms with Crippen molar-refractivity contribution < 1.29 is 4.92 Å². The van der Waals surface area contributed by atoms with Crippen molar-refractivity contribution in [2.24, 2.45) is 5.73 Å². The quantitative estimate of drug-likeness (QED) is 0.526. The molecule has 0 aliphatic carbocycles. The highest BCUT2D eigenvalue weighted by atomic mass is 79.9. The smallest absolute Gasteiger partial charge is 0.312 e. The Bertz CT molecular complexity index is 795. The molecule has 10 heteroatoms. The van der Waals surface area contributed by atoms with E-state index in [4.69, 9.17) is 5.73 Å². The minimum Gasteiger partial charge on any atom is -0.341 e. The average Bonchev–Trinajstić information content (AvgIpc) is 3.02. The molecule has 1 atom stereocenters. The summed E-state index contributed by atoms with van der Waals surface area (Å²) in [6.45, 7) is 5.62. The van der Waals surface area contributed by atoms with Crippen molar-refractivity contribution in [3.05, 3.63) is 25.1 Å². The van der Waals surface area contributed by atoms with Crippen molar-refractivity contribution >= 4 is 66.9 Å². The summed E-state index contributed by atoms with van der Waals surface area (Å²) in [6, 6.07) is 2.11. The van der Waals surface area contributed by atoms with Gasteiger partial charge in [-0.05, 0) is 58.2 Å². The lowest BCUT2D eigenvalue weighted by atomic mass is 10.2. The lowest BCUT2D eigenvalue weighted by Crippen LogP contribution is -2.28. The van der Waals surface area contributed by atoms with E-state index in [2.05, 4.69) is 41.7 Å². The Hall–Kier alpha value is -0.900. The topological polar surface area (TPSA) is 90.2 Å². The summed E-state index contributed by atoms with van der Waals surface area (Å²) >= 11 is 6.69. The van der Waals surface area contributed by atoms with Crippen molar-refractivity contribution in [1.29, 1.82) is 0 Å². The first-order chi connectivity index (χ1) is 10.8. The van der Waals surface area contributed by atoms with Gasteiger partial charge in [-0.15, -0.1) is 12.4 Å². The maximum atomic E-state index is 11.5. The number of anilines is 1. The van der Waals surface area contributed by atoms with Gasteiger partial charge in [-0.3, -0.25) is 10.1 Å². The van der Waals surface area contributed by atoms with Crippen LogP contribution in [-0.2, 0) is 0 Å². The molecule has 0 saturated carbocycles. The number of hydrogen-bond acceptors (Lipinski definition) is 5. The maximum absolute atomic E-state index is 11.5. The predicted octanol–water partition coefficient (Wildman–Crippen LogP) is 4.01. The Balaban J connectivity index is 0.00000208. The van der Waals surface area contributed by atoms with Gasteiger partial charge in [0.1, 0.15) is 4.47 Å². The van der Waals surface area contributed by atoms with Gasteiger partial charge in [0.15, 0.2) is 5.52 Å². The van der Waals surface area contributed by atoms with Crippen molar-refractivity contribution in [2.45, 2.75) is 32.4 Å². The summed E-state index contributed by atoms with van der Waals surface area (Å²) in [5.41, 5.74) is 7.14. The number of nitro benzene ring substituents is 1. The Morgan fingerprint density at radius 2 is 2.12 bits per heavy atom. The molecule has 2 heterocycles. The van der Waals surface area contributed by atoms with Crippen LogP contribution in [0.2, 0.25) is 0 Å². The van der Waals surface area contributed by atoms with Gasteiger partial charge in [0.25, 0.3) is 0 Å². The molecule has 3 rings (SSSR count). The van der Waals surface area contributed by atoms with Gasteiger partial charge in [0.05, 0.1) is 10.4 Å². The molecule has 1 aliphatic heterocycles. The third kappa shape index (κ3) is 3.14. The molecule has 0 unspecified atom stereocenters. The summed E-state index contributed by atoms with van der Waals surface area (Å²) < 4.78 is 3.09. The molecule has 7 nitrogen and oxygen atoms in total. The minimum absolute atomic E-state index is 0. The van der Waals surface area contributed by atoms with Crippen LogP contribution >= 0.6 is 44.3 Å². The number of imidazole rings is 1. The lowest BCUT2D eigenvalue weighted by Gasteiger charge is -2.21. The molecule has 1 aliphatic rings. The maximum Gasteiger partial charge on any atom is 0.312 e. The summed E-state index contributed by atoms with van der Waals surface area (Å²) in [5.74, 6) is 0.746. The molecule has 1 aromatic heterocycles. The number of rotatable bonds is 3. The van der Waals surface area contributed by atoms with Crippen LogP contribution in [0.4, 0.5) is 11.6 Å². The molecule has 1 fully saturated rings. The van der Waals surface area contributed by atoms with Crippen LogP contribution in [-0.4, -0.2) is 33.6 Å². The second kappa shape index (κ2) is 7.15. The van der Waals surface area contributed by atoms with Gasteiger partial charge in [-0.1, -0.05) is 0 Å². The van der Waals surface area contributed by atoms with E-state index in [-0.39, 0.29) is 30.2 Å². The van der Waals surface area contributed by atoms with Crippen molar-refractivity contribution in [3.8, 4) is 0 Å². The summed E-state index contributed by atoms with van der Waals surface area (Å²) in [6.07, 6.45) is 0.900. The second-order valence-corrected chi connectivity index (χ2v) is 7.66. The number of aromatic nitrogens is 2. The SMILES string of the molecule is CC(C)n1c(N2CC[C@@H](N)C2)nc2c([N+](=O)[O-])c(Br)c(Br)cc21.Cl. The van der Waals surface area contributed by atoms with Gasteiger partial charge >= 0.3 is 5.69 Å². The minimum atomic E-state index is -0.395. The van der Waals surface area contributed by atoms with E-state index in [9.17, 15) is 10.1 Å². The van der Waals surface area contributed by atoms with E-state index in [1.807, 2.05) is 24.5 Å². The first-order valence-corrected chi connectivity index (χ1v) is 8.94. The molecular weight excluding hydrogens is 465 g/mol. The van der Waals surface area contributed by atoms with E-state index < -0.39 is 4.92 Å². The fraction of sp³-hybridized carbons (Fsp3) is 0.500. The Labute approximate surface area is 162 Å². The van der Waals surface area contributed by atoms with E-state index in [1.54, 1.807) is 0 Å². The fourth-order valence-electron chi connectivity index (χ4n) is 3.01. The molecule has 24 heavy (non-hydrogen) atoms. The largest absolute Gasteiger partial charge is 0.341 e. The van der Waals surface area contributed by atoms with Crippen LogP contribution in [0.5, 0.6) is 0 Å². The number of hydrogen-bond donors (Lipinski definition) is 1. The number of nitro groups is 1. The highest BCUT2D eigenvalue weighted by Crippen LogP contribution is 2.41. The first kappa shape index (κ1) is 19.4. The number of halogens is 3. The van der Waals surface area contributed by atoms with Gasteiger partial charge in [0.2, 0.25) is 5.95 Å². The average molecular weight is 484 g/mol. The molecule has 2 aromatic rings. The molecular formula is C14H18Br2ClN5O2. The van der Waals surface area contributed by atoms with Crippen LogP contribution in [0, 0.1) is 10.1 Å². The number of nitrogens with zero attached hydrogens (tertiary/aromatic N) is 4. The molecule has 132 valence electrons. The Morgan fingerprint density at radius 3 is 2.62 bits per heavy atom. The van der Waals surface area contributed by atoms with Gasteiger partial charge in [-0.25, -0.2) is 4.98 Å². The van der Waals surface area contributed by atoms with Gasteiger partial charge in [-0.2, -0.15) is 0 Å². The molecule has 0 bridgehead atoms. The van der Waals surface area contributed by atoms with Crippen LogP contribution in [0.15, 0.2) is 15.0 Å². The highest BCUT2D eigenvalue weighted by molar-refractivity contribution is 9.13. The third-order valence-electron chi connectivity index (χ3n) is 4.04. The second-order valence-electron chi connectivity index (χ2n) is 6.02. The monoisotopic (exact) mass is 481 g/mol. The van der Waals surface area contributed by atoms with E-state index in [0.717, 1.165) is 24.4 Å².